The van der Waals surface area contributed by atoms with Gasteiger partial charge in [-0.15, -0.1) is 12.4 Å². The molecule has 15 heavy (non-hydrogen) atoms. The van der Waals surface area contributed by atoms with Gasteiger partial charge in [-0.2, -0.15) is 0 Å². The molecule has 0 radical (unpaired) electrons. The van der Waals surface area contributed by atoms with Gasteiger partial charge in [0, 0.05) is 19.6 Å². The largest absolute Gasteiger partial charge is 0.316 e. The highest BCUT2D eigenvalue weighted by molar-refractivity contribution is 5.85. The lowest BCUT2D eigenvalue weighted by Gasteiger charge is -2.36. The Morgan fingerprint density at radius 2 is 2.27 bits per heavy atom. The highest BCUT2D eigenvalue weighted by atomic mass is 35.5. The lowest BCUT2D eigenvalue weighted by Crippen LogP contribution is -2.42. The molecule has 0 spiro atoms. The fourth-order valence-corrected chi connectivity index (χ4v) is 2.97. The van der Waals surface area contributed by atoms with Crippen LogP contribution < -0.4 is 5.32 Å². The molecule has 2 aliphatic rings. The first-order valence-electron chi connectivity index (χ1n) is 6.11. The maximum atomic E-state index is 3.49. The molecule has 0 aromatic carbocycles. The molecule has 0 aromatic heterocycles. The summed E-state index contributed by atoms with van der Waals surface area (Å²) in [6.45, 7) is 11.2. The van der Waals surface area contributed by atoms with E-state index in [1.54, 1.807) is 0 Å². The fourth-order valence-electron chi connectivity index (χ4n) is 2.97. The molecular weight excluding hydrogens is 208 g/mol. The summed E-state index contributed by atoms with van der Waals surface area (Å²) in [5, 5.41) is 3.49. The average molecular weight is 233 g/mol. The van der Waals surface area contributed by atoms with Gasteiger partial charge in [-0.3, -0.25) is 0 Å². The number of nitrogens with one attached hydrogen (secondary N) is 1. The van der Waals surface area contributed by atoms with E-state index in [0.29, 0.717) is 5.41 Å². The van der Waals surface area contributed by atoms with Crippen molar-refractivity contribution in [2.75, 3.05) is 32.7 Å². The van der Waals surface area contributed by atoms with Crippen molar-refractivity contribution in [1.29, 1.82) is 0 Å². The molecule has 2 nitrogen and oxygen atoms in total. The molecule has 2 fully saturated rings. The summed E-state index contributed by atoms with van der Waals surface area (Å²) in [6, 6.07) is 0. The van der Waals surface area contributed by atoms with Crippen molar-refractivity contribution in [2.24, 2.45) is 11.3 Å². The van der Waals surface area contributed by atoms with Crippen LogP contribution in [0.3, 0.4) is 0 Å². The van der Waals surface area contributed by atoms with Crippen molar-refractivity contribution in [2.45, 2.75) is 33.1 Å². The molecule has 90 valence electrons. The lowest BCUT2D eigenvalue weighted by molar-refractivity contribution is 0.126. The summed E-state index contributed by atoms with van der Waals surface area (Å²) in [7, 11) is 0. The normalized spacial score (nSPS) is 37.6. The second-order valence-electron chi connectivity index (χ2n) is 5.72. The van der Waals surface area contributed by atoms with E-state index < -0.39 is 0 Å². The molecular formula is C12H25ClN2. The van der Waals surface area contributed by atoms with Gasteiger partial charge in [-0.05, 0) is 43.7 Å². The molecule has 1 unspecified atom stereocenters. The highest BCUT2D eigenvalue weighted by Crippen LogP contribution is 2.27. The van der Waals surface area contributed by atoms with E-state index in [0.717, 1.165) is 5.92 Å². The molecule has 0 aliphatic carbocycles. The second-order valence-corrected chi connectivity index (χ2v) is 5.72. The molecule has 2 aliphatic heterocycles. The van der Waals surface area contributed by atoms with Crippen LogP contribution in [0.4, 0.5) is 0 Å². The van der Waals surface area contributed by atoms with E-state index in [-0.39, 0.29) is 12.4 Å². The van der Waals surface area contributed by atoms with E-state index in [9.17, 15) is 0 Å². The fraction of sp³-hybridized carbons (Fsp3) is 1.00. The first-order valence-corrected chi connectivity index (χ1v) is 6.11. The van der Waals surface area contributed by atoms with Crippen LogP contribution in [0.15, 0.2) is 0 Å². The van der Waals surface area contributed by atoms with Crippen LogP contribution in [0.1, 0.15) is 33.1 Å². The van der Waals surface area contributed by atoms with Gasteiger partial charge in [-0.25, -0.2) is 0 Å². The van der Waals surface area contributed by atoms with Crippen LogP contribution in [0.25, 0.3) is 0 Å². The third-order valence-electron chi connectivity index (χ3n) is 3.80. The third kappa shape index (κ3) is 3.61. The van der Waals surface area contributed by atoms with Gasteiger partial charge < -0.3 is 10.2 Å². The Hall–Kier alpha value is 0.210. The first kappa shape index (κ1) is 13.3. The van der Waals surface area contributed by atoms with Crippen LogP contribution in [0.5, 0.6) is 0 Å². The van der Waals surface area contributed by atoms with Gasteiger partial charge >= 0.3 is 0 Å². The zero-order chi connectivity index (χ0) is 10.0. The predicted octanol–water partition coefficient (Wildman–Crippen LogP) is 2.14. The van der Waals surface area contributed by atoms with Gasteiger partial charge in [0.25, 0.3) is 0 Å². The van der Waals surface area contributed by atoms with Crippen LogP contribution in [0, 0.1) is 11.3 Å². The van der Waals surface area contributed by atoms with Crippen molar-refractivity contribution < 1.29 is 0 Å². The third-order valence-corrected chi connectivity index (χ3v) is 3.80. The number of likely N-dealkylation sites (tertiary alicyclic amines) is 1. The van der Waals surface area contributed by atoms with E-state index in [2.05, 4.69) is 24.1 Å². The van der Waals surface area contributed by atoms with Crippen molar-refractivity contribution in [3.8, 4) is 0 Å². The van der Waals surface area contributed by atoms with Crippen LogP contribution in [-0.2, 0) is 0 Å². The van der Waals surface area contributed by atoms with Gasteiger partial charge in [0.2, 0.25) is 0 Å². The minimum Gasteiger partial charge on any atom is -0.316 e. The Labute approximate surface area is 100 Å². The second kappa shape index (κ2) is 5.51. The van der Waals surface area contributed by atoms with Gasteiger partial charge in [0.1, 0.15) is 0 Å². The van der Waals surface area contributed by atoms with E-state index >= 15 is 0 Å². The zero-order valence-corrected chi connectivity index (χ0v) is 10.9. The monoisotopic (exact) mass is 232 g/mol. The van der Waals surface area contributed by atoms with Crippen molar-refractivity contribution in [1.82, 2.24) is 10.2 Å². The summed E-state index contributed by atoms with van der Waals surface area (Å²) in [6.07, 6.45) is 4.20. The Bertz CT molecular complexity index is 190. The molecule has 2 heterocycles. The lowest BCUT2D eigenvalue weighted by atomic mass is 9.88. The number of piperidine rings is 1. The molecule has 0 saturated carbocycles. The van der Waals surface area contributed by atoms with Crippen LogP contribution in [0.2, 0.25) is 0 Å². The van der Waals surface area contributed by atoms with E-state index in [1.165, 1.54) is 52.0 Å². The predicted molar refractivity (Wildman–Crippen MR) is 67.7 cm³/mol. The van der Waals surface area contributed by atoms with Crippen molar-refractivity contribution >= 4 is 12.4 Å². The quantitative estimate of drug-likeness (QED) is 0.785. The molecule has 3 heteroatoms. The van der Waals surface area contributed by atoms with Gasteiger partial charge in [0.05, 0.1) is 0 Å². The number of rotatable bonds is 2. The summed E-state index contributed by atoms with van der Waals surface area (Å²) < 4.78 is 0. The zero-order valence-electron chi connectivity index (χ0n) is 10.1. The number of nitrogens with zero attached hydrogens (tertiary/aromatic N) is 1. The van der Waals surface area contributed by atoms with E-state index in [4.69, 9.17) is 0 Å². The Balaban J connectivity index is 0.00000112. The number of hydrogen-bond acceptors (Lipinski definition) is 2. The molecule has 2 rings (SSSR count). The molecule has 1 N–H and O–H groups in total. The molecule has 0 bridgehead atoms. The van der Waals surface area contributed by atoms with Gasteiger partial charge in [-0.1, -0.05) is 13.8 Å². The summed E-state index contributed by atoms with van der Waals surface area (Å²) in [5.74, 6) is 0.918. The highest BCUT2D eigenvalue weighted by Gasteiger charge is 2.31. The minimum absolute atomic E-state index is 0. The molecule has 2 atom stereocenters. The Morgan fingerprint density at radius 3 is 2.87 bits per heavy atom. The number of halogens is 1. The maximum absolute atomic E-state index is 3.49. The maximum Gasteiger partial charge on any atom is 0.00481 e. The van der Waals surface area contributed by atoms with Crippen LogP contribution in [-0.4, -0.2) is 37.6 Å². The topological polar surface area (TPSA) is 15.3 Å². The summed E-state index contributed by atoms with van der Waals surface area (Å²) >= 11 is 0. The summed E-state index contributed by atoms with van der Waals surface area (Å²) in [4.78, 5) is 2.68. The van der Waals surface area contributed by atoms with E-state index in [1.807, 2.05) is 0 Å². The first-order chi connectivity index (χ1) is 6.68. The Morgan fingerprint density at radius 1 is 1.47 bits per heavy atom. The van der Waals surface area contributed by atoms with Gasteiger partial charge in [0.15, 0.2) is 0 Å². The minimum atomic E-state index is 0. The Kier molecular flexibility index (Phi) is 4.88. The average Bonchev–Trinajstić information content (AvgIpc) is 2.51. The summed E-state index contributed by atoms with van der Waals surface area (Å²) in [5.41, 5.74) is 0.553. The van der Waals surface area contributed by atoms with Crippen molar-refractivity contribution in [3.05, 3.63) is 0 Å². The number of hydrogen-bond donors (Lipinski definition) is 1. The SMILES string of the molecule is C[C@H]1CCCN(CC2(C)CCNC2)C1.Cl. The molecule has 2 saturated heterocycles. The standard InChI is InChI=1S/C12H24N2.ClH/c1-11-4-3-7-14(8-11)10-12(2)5-6-13-9-12;/h11,13H,3-10H2,1-2H3;1H/t11-,12?;/m0./s1. The molecule has 0 amide bonds. The molecule has 0 aromatic rings. The smallest absolute Gasteiger partial charge is 0.00481 e. The van der Waals surface area contributed by atoms with Crippen LogP contribution >= 0.6 is 12.4 Å². The van der Waals surface area contributed by atoms with Crippen molar-refractivity contribution in [3.63, 3.8) is 0 Å².